The van der Waals surface area contributed by atoms with Crippen molar-refractivity contribution in [2.45, 2.75) is 50.9 Å². The molecule has 2 aliphatic rings. The van der Waals surface area contributed by atoms with Gasteiger partial charge in [0.1, 0.15) is 17.0 Å². The first-order valence-corrected chi connectivity index (χ1v) is 16.9. The topological polar surface area (TPSA) is 136 Å². The molecule has 1 saturated carbocycles. The Kier molecular flexibility index (Phi) is 10.6. The van der Waals surface area contributed by atoms with Gasteiger partial charge in [-0.2, -0.15) is 26.3 Å². The number of carboxylic acid groups (broad SMARTS) is 1. The number of nitrogens with zero attached hydrogens (tertiary/aromatic N) is 8. The van der Waals surface area contributed by atoms with Crippen LogP contribution in [-0.2, 0) is 21.9 Å². The van der Waals surface area contributed by atoms with Crippen molar-refractivity contribution in [2.75, 3.05) is 69.8 Å². The number of hydrogen-bond acceptors (Lipinski definition) is 10. The van der Waals surface area contributed by atoms with E-state index in [0.29, 0.717) is 73.8 Å². The number of anilines is 2. The minimum absolute atomic E-state index is 0.0325. The van der Waals surface area contributed by atoms with Crippen molar-refractivity contribution < 1.29 is 41.0 Å². The summed E-state index contributed by atoms with van der Waals surface area (Å²) in [4.78, 5) is 41.8. The molecule has 0 radical (unpaired) electrons. The van der Waals surface area contributed by atoms with Crippen molar-refractivity contribution in [1.29, 1.82) is 0 Å². The average Bonchev–Trinajstić information content (AvgIpc) is 3.74. The third-order valence-corrected chi connectivity index (χ3v) is 9.74. The summed E-state index contributed by atoms with van der Waals surface area (Å²) in [6.45, 7) is 4.63. The van der Waals surface area contributed by atoms with Gasteiger partial charge < -0.3 is 24.6 Å². The molecule has 4 aromatic rings. The third kappa shape index (κ3) is 8.22. The minimum Gasteiger partial charge on any atom is -0.481 e. The predicted octanol–water partition coefficient (Wildman–Crippen LogP) is 6.14. The fourth-order valence-corrected chi connectivity index (χ4v) is 7.22. The Morgan fingerprint density at radius 1 is 0.962 bits per heavy atom. The number of rotatable bonds is 12. The number of imidazole rings is 1. The number of aromatic nitrogens is 6. The molecule has 0 amide bonds. The highest BCUT2D eigenvalue weighted by atomic mass is 19.4. The van der Waals surface area contributed by atoms with E-state index in [1.54, 1.807) is 19.5 Å². The summed E-state index contributed by atoms with van der Waals surface area (Å²) < 4.78 is 87.7. The molecule has 0 atom stereocenters. The van der Waals surface area contributed by atoms with Gasteiger partial charge in [-0.15, -0.1) is 0 Å². The number of H-pyrrole nitrogens is 1. The number of aromatic amines is 1. The molecule has 52 heavy (non-hydrogen) atoms. The van der Waals surface area contributed by atoms with E-state index in [9.17, 15) is 31.1 Å². The SMILES string of the molecule is COCC1(CN(C)c2cc(-c3cnc(C(F)(F)F)c(C(F)(F)F)c3)nc3nc(-c4cnc(N5CCN(CCCC(=O)O)CC5)cn4)[nH]c23)CCCC1. The largest absolute Gasteiger partial charge is 0.481 e. The molecule has 18 heteroatoms. The highest BCUT2D eigenvalue weighted by Crippen LogP contribution is 2.43. The summed E-state index contributed by atoms with van der Waals surface area (Å²) in [6.07, 6.45) is -2.11. The number of halogens is 6. The smallest absolute Gasteiger partial charge is 0.433 e. The van der Waals surface area contributed by atoms with E-state index in [4.69, 9.17) is 9.84 Å². The predicted molar refractivity (Wildman–Crippen MR) is 180 cm³/mol. The molecule has 4 aromatic heterocycles. The van der Waals surface area contributed by atoms with E-state index >= 15 is 0 Å². The van der Waals surface area contributed by atoms with Crippen molar-refractivity contribution in [3.63, 3.8) is 0 Å². The number of carboxylic acids is 1. The van der Waals surface area contributed by atoms with E-state index in [-0.39, 0.29) is 28.7 Å². The van der Waals surface area contributed by atoms with E-state index in [2.05, 4.69) is 39.7 Å². The normalized spacial score (nSPS) is 16.9. The Balaban J connectivity index is 1.33. The maximum atomic E-state index is 13.9. The van der Waals surface area contributed by atoms with E-state index in [0.717, 1.165) is 45.0 Å². The van der Waals surface area contributed by atoms with Gasteiger partial charge >= 0.3 is 18.3 Å². The molecule has 0 aromatic carbocycles. The maximum Gasteiger partial charge on any atom is 0.433 e. The zero-order valence-electron chi connectivity index (χ0n) is 28.7. The molecule has 0 spiro atoms. The highest BCUT2D eigenvalue weighted by Gasteiger charge is 2.45. The molecule has 1 aliphatic heterocycles. The van der Waals surface area contributed by atoms with Crippen LogP contribution in [0.4, 0.5) is 37.8 Å². The summed E-state index contributed by atoms with van der Waals surface area (Å²) >= 11 is 0. The van der Waals surface area contributed by atoms with E-state index in [1.807, 2.05) is 11.9 Å². The van der Waals surface area contributed by atoms with Gasteiger partial charge in [-0.05, 0) is 37.9 Å². The second kappa shape index (κ2) is 14.8. The molecule has 2 N–H and O–H groups in total. The number of carbonyl (C=O) groups is 1. The van der Waals surface area contributed by atoms with Crippen LogP contribution in [0.1, 0.15) is 49.8 Å². The van der Waals surface area contributed by atoms with Crippen LogP contribution in [0, 0.1) is 5.41 Å². The number of piperazine rings is 1. The van der Waals surface area contributed by atoms with E-state index < -0.39 is 29.6 Å². The van der Waals surface area contributed by atoms with Gasteiger partial charge in [0.15, 0.2) is 17.2 Å². The number of nitrogens with one attached hydrogen (secondary N) is 1. The van der Waals surface area contributed by atoms with Crippen LogP contribution in [0.25, 0.3) is 33.9 Å². The van der Waals surface area contributed by atoms with Gasteiger partial charge in [0.05, 0.1) is 35.9 Å². The number of methoxy groups -OCH3 is 1. The monoisotopic (exact) mass is 735 g/mol. The van der Waals surface area contributed by atoms with Crippen LogP contribution in [0.3, 0.4) is 0 Å². The summed E-state index contributed by atoms with van der Waals surface area (Å²) in [7, 11) is 3.47. The van der Waals surface area contributed by atoms with Crippen LogP contribution in [0.15, 0.2) is 30.7 Å². The molecule has 0 unspecified atom stereocenters. The Labute approximate surface area is 295 Å². The second-order valence-electron chi connectivity index (χ2n) is 13.5. The molecule has 280 valence electrons. The summed E-state index contributed by atoms with van der Waals surface area (Å²) in [6, 6.07) is 1.95. The third-order valence-electron chi connectivity index (χ3n) is 9.74. The maximum absolute atomic E-state index is 13.9. The Morgan fingerprint density at radius 3 is 2.31 bits per heavy atom. The molecular weight excluding hydrogens is 696 g/mol. The molecule has 1 saturated heterocycles. The standard InChI is InChI=1S/C34H39F6N9O3/c1-47(19-32(20-52-2)7-3-4-8-32)25-15-23(21-14-22(33(35,36)37)29(43-16-21)34(38,39)40)44-31-28(25)45-30(46-31)24-17-42-26(18-41-24)49-12-10-48(11-13-49)9-5-6-27(50)51/h14-18H,3-13,19-20H2,1-2H3,(H,50,51)(H,44,45,46). The van der Waals surface area contributed by atoms with Crippen LogP contribution in [-0.4, -0.2) is 106 Å². The first kappa shape index (κ1) is 37.2. The Morgan fingerprint density at radius 2 is 1.69 bits per heavy atom. The lowest BCUT2D eigenvalue weighted by molar-refractivity contribution is -0.164. The molecule has 2 fully saturated rings. The van der Waals surface area contributed by atoms with Gasteiger partial charge in [-0.25, -0.2) is 19.9 Å². The summed E-state index contributed by atoms with van der Waals surface area (Å²) in [5.74, 6) is 0.139. The zero-order chi connectivity index (χ0) is 37.3. The van der Waals surface area contributed by atoms with Gasteiger partial charge in [-0.3, -0.25) is 14.7 Å². The van der Waals surface area contributed by atoms with Crippen LogP contribution in [0.5, 0.6) is 0 Å². The quantitative estimate of drug-likeness (QED) is 0.162. The fourth-order valence-electron chi connectivity index (χ4n) is 7.22. The molecule has 6 rings (SSSR count). The number of hydrogen-bond donors (Lipinski definition) is 2. The van der Waals surface area contributed by atoms with Gasteiger partial charge in [0.2, 0.25) is 0 Å². The second-order valence-corrected chi connectivity index (χ2v) is 13.5. The zero-order valence-corrected chi connectivity index (χ0v) is 28.7. The Bertz CT molecular complexity index is 1870. The summed E-state index contributed by atoms with van der Waals surface area (Å²) in [5, 5.41) is 8.89. The molecular formula is C34H39F6N9O3. The fraction of sp³-hybridized carbons (Fsp3) is 0.529. The lowest BCUT2D eigenvalue weighted by atomic mass is 9.86. The van der Waals surface area contributed by atoms with Gasteiger partial charge in [0.25, 0.3) is 0 Å². The highest BCUT2D eigenvalue weighted by molar-refractivity contribution is 5.91. The van der Waals surface area contributed by atoms with Crippen molar-refractivity contribution in [3.8, 4) is 22.8 Å². The number of fused-ring (bicyclic) bond motifs is 1. The van der Waals surface area contributed by atoms with E-state index in [1.165, 1.54) is 6.07 Å². The molecule has 12 nitrogen and oxygen atoms in total. The number of alkyl halides is 6. The van der Waals surface area contributed by atoms with Crippen LogP contribution >= 0.6 is 0 Å². The number of pyridine rings is 2. The first-order chi connectivity index (χ1) is 24.7. The van der Waals surface area contributed by atoms with Crippen LogP contribution < -0.4 is 9.80 Å². The summed E-state index contributed by atoms with van der Waals surface area (Å²) in [5.41, 5.74) is -2.88. The van der Waals surface area contributed by atoms with Crippen molar-refractivity contribution in [2.24, 2.45) is 5.41 Å². The number of aliphatic carboxylic acids is 1. The van der Waals surface area contributed by atoms with Crippen molar-refractivity contribution >= 4 is 28.6 Å². The Hall–Kier alpha value is -4.58. The first-order valence-electron chi connectivity index (χ1n) is 16.9. The minimum atomic E-state index is -5.31. The lowest BCUT2D eigenvalue weighted by Gasteiger charge is -2.35. The van der Waals surface area contributed by atoms with Crippen molar-refractivity contribution in [3.05, 3.63) is 42.0 Å². The van der Waals surface area contributed by atoms with Gasteiger partial charge in [-0.1, -0.05) is 12.8 Å². The molecule has 5 heterocycles. The van der Waals surface area contributed by atoms with Gasteiger partial charge in [0, 0.05) is 70.5 Å². The number of ether oxygens (including phenoxy) is 1. The van der Waals surface area contributed by atoms with Crippen LogP contribution in [0.2, 0.25) is 0 Å². The lowest BCUT2D eigenvalue weighted by Crippen LogP contribution is -2.47. The van der Waals surface area contributed by atoms with Crippen molar-refractivity contribution in [1.82, 2.24) is 34.8 Å². The average molecular weight is 736 g/mol. The molecule has 1 aliphatic carbocycles. The molecule has 0 bridgehead atoms.